The van der Waals surface area contributed by atoms with Crippen LogP contribution in [0.3, 0.4) is 0 Å². The lowest BCUT2D eigenvalue weighted by atomic mass is 10.2. The molecule has 0 amide bonds. The summed E-state index contributed by atoms with van der Waals surface area (Å²) in [5.74, 6) is 0. The van der Waals surface area contributed by atoms with E-state index in [4.69, 9.17) is 4.74 Å². The highest BCUT2D eigenvalue weighted by molar-refractivity contribution is 4.67. The first-order valence-electron chi connectivity index (χ1n) is 6.08. The first-order valence-corrected chi connectivity index (χ1v) is 6.08. The Labute approximate surface area is 95.2 Å². The maximum atomic E-state index is 5.14. The number of hydrogen-bond donors (Lipinski definition) is 1. The summed E-state index contributed by atoms with van der Waals surface area (Å²) in [5, 5.41) is 3.51. The van der Waals surface area contributed by atoms with Crippen LogP contribution in [0.15, 0.2) is 0 Å². The van der Waals surface area contributed by atoms with Gasteiger partial charge in [-0.25, -0.2) is 0 Å². The Morgan fingerprint density at radius 3 is 2.40 bits per heavy atom. The number of nitrogens with zero attached hydrogens (tertiary/aromatic N) is 1. The Morgan fingerprint density at radius 2 is 1.93 bits per heavy atom. The zero-order valence-electron chi connectivity index (χ0n) is 11.0. The van der Waals surface area contributed by atoms with E-state index in [2.05, 4.69) is 38.0 Å². The van der Waals surface area contributed by atoms with Gasteiger partial charge < -0.3 is 15.0 Å². The molecule has 0 aliphatic carbocycles. The fourth-order valence-corrected chi connectivity index (χ4v) is 1.50. The second-order valence-electron chi connectivity index (χ2n) is 4.25. The lowest BCUT2D eigenvalue weighted by molar-refractivity contribution is 0.160. The van der Waals surface area contributed by atoms with Gasteiger partial charge in [-0.05, 0) is 26.8 Å². The van der Waals surface area contributed by atoms with Crippen molar-refractivity contribution in [3.05, 3.63) is 0 Å². The molecule has 0 radical (unpaired) electrons. The quantitative estimate of drug-likeness (QED) is 0.635. The molecule has 0 aliphatic heterocycles. The van der Waals surface area contributed by atoms with Gasteiger partial charge in [-0.3, -0.25) is 0 Å². The molecule has 0 aromatic rings. The molecule has 0 spiro atoms. The second kappa shape index (κ2) is 9.13. The maximum Gasteiger partial charge on any atom is 0.0615 e. The van der Waals surface area contributed by atoms with Gasteiger partial charge in [0.15, 0.2) is 0 Å². The molecular weight excluding hydrogens is 188 g/mol. The highest BCUT2D eigenvalue weighted by atomic mass is 16.5. The number of nitrogens with one attached hydrogen (secondary N) is 1. The predicted octanol–water partition coefficient (Wildman–Crippen LogP) is 1.73. The average molecular weight is 216 g/mol. The summed E-state index contributed by atoms with van der Waals surface area (Å²) in [7, 11) is 3.95. The Hall–Kier alpha value is -0.120. The van der Waals surface area contributed by atoms with Gasteiger partial charge in [-0.2, -0.15) is 0 Å². The van der Waals surface area contributed by atoms with Crippen molar-refractivity contribution in [3.8, 4) is 0 Å². The van der Waals surface area contributed by atoms with Crippen LogP contribution in [0.4, 0.5) is 0 Å². The van der Waals surface area contributed by atoms with Crippen molar-refractivity contribution >= 4 is 0 Å². The van der Waals surface area contributed by atoms with Gasteiger partial charge >= 0.3 is 0 Å². The molecule has 0 fully saturated rings. The molecule has 0 rings (SSSR count). The van der Waals surface area contributed by atoms with Crippen molar-refractivity contribution < 1.29 is 4.74 Å². The Morgan fingerprint density at radius 1 is 1.27 bits per heavy atom. The molecule has 2 unspecified atom stereocenters. The molecule has 0 aromatic heterocycles. The third-order valence-electron chi connectivity index (χ3n) is 3.10. The molecule has 2 atom stereocenters. The van der Waals surface area contributed by atoms with Gasteiger partial charge in [-0.1, -0.05) is 13.8 Å². The highest BCUT2D eigenvalue weighted by Gasteiger charge is 2.08. The van der Waals surface area contributed by atoms with Crippen LogP contribution in [-0.4, -0.2) is 50.8 Å². The Balaban J connectivity index is 3.58. The Kier molecular flexibility index (Phi) is 9.06. The van der Waals surface area contributed by atoms with Gasteiger partial charge in [0.05, 0.1) is 6.61 Å². The van der Waals surface area contributed by atoms with E-state index >= 15 is 0 Å². The van der Waals surface area contributed by atoms with Crippen molar-refractivity contribution in [2.24, 2.45) is 0 Å². The van der Waals surface area contributed by atoms with Crippen LogP contribution >= 0.6 is 0 Å². The number of ether oxygens (including phenoxy) is 1. The Bertz CT molecular complexity index is 140. The summed E-state index contributed by atoms with van der Waals surface area (Å²) < 4.78 is 5.14. The van der Waals surface area contributed by atoms with Gasteiger partial charge in [0.1, 0.15) is 0 Å². The normalized spacial score (nSPS) is 15.6. The van der Waals surface area contributed by atoms with E-state index in [1.54, 1.807) is 7.11 Å². The van der Waals surface area contributed by atoms with Crippen LogP contribution in [0, 0.1) is 0 Å². The summed E-state index contributed by atoms with van der Waals surface area (Å²) in [5.41, 5.74) is 0. The third-order valence-corrected chi connectivity index (χ3v) is 3.10. The van der Waals surface area contributed by atoms with E-state index in [0.29, 0.717) is 12.1 Å². The molecule has 3 heteroatoms. The molecule has 0 heterocycles. The van der Waals surface area contributed by atoms with Crippen molar-refractivity contribution in [3.63, 3.8) is 0 Å². The first-order chi connectivity index (χ1) is 7.15. The standard InChI is InChI=1S/C12H28N2O/c1-6-11(3)14(4)9-8-13-12(7-2)10-15-5/h11-13H,6-10H2,1-5H3. The first kappa shape index (κ1) is 14.9. The number of methoxy groups -OCH3 is 1. The van der Waals surface area contributed by atoms with Crippen LogP contribution in [-0.2, 0) is 4.74 Å². The van der Waals surface area contributed by atoms with E-state index in [9.17, 15) is 0 Å². The van der Waals surface area contributed by atoms with Gasteiger partial charge in [0, 0.05) is 32.3 Å². The minimum Gasteiger partial charge on any atom is -0.383 e. The van der Waals surface area contributed by atoms with Crippen LogP contribution in [0.25, 0.3) is 0 Å². The average Bonchev–Trinajstić information content (AvgIpc) is 2.26. The fraction of sp³-hybridized carbons (Fsp3) is 1.00. The summed E-state index contributed by atoms with van der Waals surface area (Å²) in [6, 6.07) is 1.18. The highest BCUT2D eigenvalue weighted by Crippen LogP contribution is 1.98. The molecular formula is C12H28N2O. The van der Waals surface area contributed by atoms with Crippen LogP contribution in [0.5, 0.6) is 0 Å². The summed E-state index contributed by atoms with van der Waals surface area (Å²) in [4.78, 5) is 2.40. The molecule has 1 N–H and O–H groups in total. The van der Waals surface area contributed by atoms with E-state index in [0.717, 1.165) is 26.1 Å². The van der Waals surface area contributed by atoms with E-state index in [-0.39, 0.29) is 0 Å². The van der Waals surface area contributed by atoms with Gasteiger partial charge in [0.2, 0.25) is 0 Å². The zero-order chi connectivity index (χ0) is 11.7. The van der Waals surface area contributed by atoms with Gasteiger partial charge in [-0.15, -0.1) is 0 Å². The SMILES string of the molecule is CCC(COC)NCCN(C)C(C)CC. The molecule has 15 heavy (non-hydrogen) atoms. The monoisotopic (exact) mass is 216 g/mol. The summed E-state index contributed by atoms with van der Waals surface area (Å²) in [6.07, 6.45) is 2.34. The zero-order valence-corrected chi connectivity index (χ0v) is 11.0. The summed E-state index contributed by atoms with van der Waals surface area (Å²) >= 11 is 0. The smallest absolute Gasteiger partial charge is 0.0615 e. The number of rotatable bonds is 9. The fourth-order valence-electron chi connectivity index (χ4n) is 1.50. The minimum atomic E-state index is 0.500. The largest absolute Gasteiger partial charge is 0.383 e. The topological polar surface area (TPSA) is 24.5 Å². The van der Waals surface area contributed by atoms with Crippen LogP contribution in [0.2, 0.25) is 0 Å². The van der Waals surface area contributed by atoms with Crippen LogP contribution < -0.4 is 5.32 Å². The number of likely N-dealkylation sites (N-methyl/N-ethyl adjacent to an activating group) is 1. The van der Waals surface area contributed by atoms with Crippen molar-refractivity contribution in [2.75, 3.05) is 33.9 Å². The molecule has 92 valence electrons. The maximum absolute atomic E-state index is 5.14. The van der Waals surface area contributed by atoms with E-state index in [1.165, 1.54) is 6.42 Å². The lowest BCUT2D eigenvalue weighted by Gasteiger charge is -2.25. The van der Waals surface area contributed by atoms with Crippen molar-refractivity contribution in [1.82, 2.24) is 10.2 Å². The molecule has 0 aliphatic rings. The molecule has 3 nitrogen and oxygen atoms in total. The summed E-state index contributed by atoms with van der Waals surface area (Å²) in [6.45, 7) is 9.65. The molecule has 0 aromatic carbocycles. The lowest BCUT2D eigenvalue weighted by Crippen LogP contribution is -2.40. The molecule has 0 saturated heterocycles. The molecule has 0 saturated carbocycles. The molecule has 0 bridgehead atoms. The number of hydrogen-bond acceptors (Lipinski definition) is 3. The van der Waals surface area contributed by atoms with E-state index in [1.807, 2.05) is 0 Å². The van der Waals surface area contributed by atoms with Crippen molar-refractivity contribution in [1.29, 1.82) is 0 Å². The van der Waals surface area contributed by atoms with Crippen LogP contribution in [0.1, 0.15) is 33.6 Å². The van der Waals surface area contributed by atoms with Crippen molar-refractivity contribution in [2.45, 2.75) is 45.7 Å². The predicted molar refractivity (Wildman–Crippen MR) is 66.3 cm³/mol. The van der Waals surface area contributed by atoms with E-state index < -0.39 is 0 Å². The third kappa shape index (κ3) is 6.88. The minimum absolute atomic E-state index is 0.500. The van der Waals surface area contributed by atoms with Gasteiger partial charge in [0.25, 0.3) is 0 Å². The second-order valence-corrected chi connectivity index (χ2v) is 4.25.